The normalized spacial score (nSPS) is 15.9. The number of hydrogen-bond acceptors (Lipinski definition) is 5. The lowest BCUT2D eigenvalue weighted by molar-refractivity contribution is -0.274. The van der Waals surface area contributed by atoms with Crippen LogP contribution in [0.25, 0.3) is 10.2 Å². The lowest BCUT2D eigenvalue weighted by Crippen LogP contribution is -2.38. The first-order valence-corrected chi connectivity index (χ1v) is 11.3. The number of benzene rings is 2. The SMILES string of the molecule is N=c1sc2cc(Cl)ccc2n1CC1CCN(CC(=O)c2ccc(OC(F)(F)F)cc2)CC1. The van der Waals surface area contributed by atoms with Crippen LogP contribution in [-0.2, 0) is 6.54 Å². The first-order valence-electron chi connectivity index (χ1n) is 10.1. The van der Waals surface area contributed by atoms with E-state index in [4.69, 9.17) is 17.0 Å². The molecular weight excluding hydrogens is 463 g/mol. The number of carbonyl (C=O) groups excluding carboxylic acids is 1. The molecule has 0 saturated carbocycles. The topological polar surface area (TPSA) is 58.3 Å². The molecule has 3 aromatic rings. The molecule has 0 spiro atoms. The number of halogens is 4. The van der Waals surface area contributed by atoms with E-state index in [0.717, 1.165) is 54.8 Å². The number of aromatic nitrogens is 1. The van der Waals surface area contributed by atoms with Gasteiger partial charge < -0.3 is 9.30 Å². The summed E-state index contributed by atoms with van der Waals surface area (Å²) >= 11 is 7.47. The van der Waals surface area contributed by atoms with Crippen molar-refractivity contribution in [1.82, 2.24) is 9.47 Å². The molecule has 5 nitrogen and oxygen atoms in total. The number of thiazole rings is 1. The number of Topliss-reactive ketones (excluding diaryl/α,β-unsaturated/α-hetero) is 1. The summed E-state index contributed by atoms with van der Waals surface area (Å²) in [5.41, 5.74) is 1.37. The first kappa shape index (κ1) is 22.8. The molecule has 0 atom stereocenters. The van der Waals surface area contributed by atoms with Gasteiger partial charge >= 0.3 is 6.36 Å². The highest BCUT2D eigenvalue weighted by Crippen LogP contribution is 2.26. The lowest BCUT2D eigenvalue weighted by atomic mass is 9.96. The fraction of sp³-hybridized carbons (Fsp3) is 0.364. The van der Waals surface area contributed by atoms with Crippen LogP contribution < -0.4 is 9.54 Å². The first-order chi connectivity index (χ1) is 15.2. The number of nitrogens with one attached hydrogen (secondary N) is 1. The van der Waals surface area contributed by atoms with Crippen LogP contribution in [0, 0.1) is 11.3 Å². The average molecular weight is 484 g/mol. The van der Waals surface area contributed by atoms with Gasteiger partial charge in [0.1, 0.15) is 5.75 Å². The molecule has 1 fully saturated rings. The van der Waals surface area contributed by atoms with E-state index >= 15 is 0 Å². The number of piperidine rings is 1. The Balaban J connectivity index is 1.31. The number of carbonyl (C=O) groups is 1. The van der Waals surface area contributed by atoms with E-state index in [1.165, 1.54) is 23.5 Å². The Bertz CT molecular complexity index is 1170. The van der Waals surface area contributed by atoms with E-state index in [2.05, 4.69) is 9.64 Å². The molecule has 1 aliphatic rings. The molecule has 4 rings (SSSR count). The van der Waals surface area contributed by atoms with Gasteiger partial charge in [-0.15, -0.1) is 13.2 Å². The maximum Gasteiger partial charge on any atom is 0.573 e. The minimum absolute atomic E-state index is 0.134. The molecule has 2 aromatic carbocycles. The summed E-state index contributed by atoms with van der Waals surface area (Å²) in [5.74, 6) is -0.0716. The molecule has 1 N–H and O–H groups in total. The van der Waals surface area contributed by atoms with Gasteiger partial charge in [-0.1, -0.05) is 22.9 Å². The highest BCUT2D eigenvalue weighted by molar-refractivity contribution is 7.16. The average Bonchev–Trinajstić information content (AvgIpc) is 3.03. The van der Waals surface area contributed by atoms with Gasteiger partial charge in [-0.2, -0.15) is 0 Å². The van der Waals surface area contributed by atoms with Crippen molar-refractivity contribution >= 4 is 38.9 Å². The summed E-state index contributed by atoms with van der Waals surface area (Å²) in [6.45, 7) is 2.49. The zero-order chi connectivity index (χ0) is 22.9. The van der Waals surface area contributed by atoms with Crippen LogP contribution in [0.2, 0.25) is 5.02 Å². The Morgan fingerprint density at radius 3 is 2.50 bits per heavy atom. The van der Waals surface area contributed by atoms with E-state index in [1.54, 1.807) is 0 Å². The van der Waals surface area contributed by atoms with Crippen LogP contribution in [0.4, 0.5) is 13.2 Å². The van der Waals surface area contributed by atoms with Crippen molar-refractivity contribution in [3.05, 3.63) is 57.9 Å². The third-order valence-electron chi connectivity index (χ3n) is 5.59. The van der Waals surface area contributed by atoms with E-state index in [0.29, 0.717) is 21.3 Å². The second-order valence-corrected chi connectivity index (χ2v) is 9.31. The molecule has 2 heterocycles. The number of nitrogens with zero attached hydrogens (tertiary/aromatic N) is 2. The highest BCUT2D eigenvalue weighted by atomic mass is 35.5. The van der Waals surface area contributed by atoms with Gasteiger partial charge in [0.2, 0.25) is 0 Å². The van der Waals surface area contributed by atoms with Crippen molar-refractivity contribution in [2.45, 2.75) is 25.7 Å². The van der Waals surface area contributed by atoms with E-state index in [-0.39, 0.29) is 18.1 Å². The quantitative estimate of drug-likeness (QED) is 0.482. The molecule has 32 heavy (non-hydrogen) atoms. The molecule has 0 bridgehead atoms. The summed E-state index contributed by atoms with van der Waals surface area (Å²) in [5, 5.41) is 8.95. The van der Waals surface area contributed by atoms with Crippen molar-refractivity contribution < 1.29 is 22.7 Å². The van der Waals surface area contributed by atoms with Crippen molar-refractivity contribution in [1.29, 1.82) is 5.41 Å². The smallest absolute Gasteiger partial charge is 0.406 e. The zero-order valence-electron chi connectivity index (χ0n) is 17.0. The molecule has 170 valence electrons. The summed E-state index contributed by atoms with van der Waals surface area (Å²) in [7, 11) is 0. The van der Waals surface area contributed by atoms with Gasteiger partial charge in [0.15, 0.2) is 10.6 Å². The van der Waals surface area contributed by atoms with Crippen LogP contribution in [-0.4, -0.2) is 41.2 Å². The molecule has 10 heteroatoms. The number of ether oxygens (including phenoxy) is 1. The summed E-state index contributed by atoms with van der Waals surface area (Å²) < 4.78 is 43.6. The second kappa shape index (κ2) is 9.25. The van der Waals surface area contributed by atoms with Crippen LogP contribution in [0.5, 0.6) is 5.75 Å². The fourth-order valence-corrected chi connectivity index (χ4v) is 5.16. The second-order valence-electron chi connectivity index (χ2n) is 7.84. The van der Waals surface area contributed by atoms with Gasteiger partial charge in [-0.3, -0.25) is 15.1 Å². The number of alkyl halides is 3. The van der Waals surface area contributed by atoms with Crippen LogP contribution in [0.3, 0.4) is 0 Å². The molecule has 0 unspecified atom stereocenters. The Hall–Kier alpha value is -2.36. The predicted molar refractivity (Wildman–Crippen MR) is 117 cm³/mol. The van der Waals surface area contributed by atoms with Gasteiger partial charge in [0, 0.05) is 17.1 Å². The van der Waals surface area contributed by atoms with Crippen molar-refractivity contribution in [3.8, 4) is 5.75 Å². The number of fused-ring (bicyclic) bond motifs is 1. The van der Waals surface area contributed by atoms with Crippen LogP contribution in [0.15, 0.2) is 42.5 Å². The summed E-state index contributed by atoms with van der Waals surface area (Å²) in [6, 6.07) is 10.7. The van der Waals surface area contributed by atoms with Gasteiger partial charge in [0.25, 0.3) is 0 Å². The van der Waals surface area contributed by atoms with Crippen LogP contribution >= 0.6 is 22.9 Å². The molecule has 0 radical (unpaired) electrons. The van der Waals surface area contributed by atoms with Crippen molar-refractivity contribution in [2.75, 3.05) is 19.6 Å². The van der Waals surface area contributed by atoms with E-state index in [9.17, 15) is 18.0 Å². The maximum absolute atomic E-state index is 12.5. The molecular formula is C22H21ClF3N3O2S. The molecule has 1 aromatic heterocycles. The third kappa shape index (κ3) is 5.51. The Kier molecular flexibility index (Phi) is 6.60. The monoisotopic (exact) mass is 483 g/mol. The molecule has 0 amide bonds. The molecule has 1 saturated heterocycles. The number of likely N-dealkylation sites (tertiary alicyclic amines) is 1. The van der Waals surface area contributed by atoms with Gasteiger partial charge in [0.05, 0.1) is 16.8 Å². The van der Waals surface area contributed by atoms with Gasteiger partial charge in [-0.25, -0.2) is 0 Å². The summed E-state index contributed by atoms with van der Waals surface area (Å²) in [6.07, 6.45) is -2.94. The number of ketones is 1. The fourth-order valence-electron chi connectivity index (χ4n) is 3.96. The number of rotatable bonds is 6. The maximum atomic E-state index is 12.5. The van der Waals surface area contributed by atoms with Crippen molar-refractivity contribution in [3.63, 3.8) is 0 Å². The molecule has 1 aliphatic heterocycles. The minimum atomic E-state index is -4.75. The molecule has 0 aliphatic carbocycles. The van der Waals surface area contributed by atoms with E-state index in [1.807, 2.05) is 22.8 Å². The predicted octanol–water partition coefficient (Wildman–Crippen LogP) is 5.33. The lowest BCUT2D eigenvalue weighted by Gasteiger charge is -2.31. The minimum Gasteiger partial charge on any atom is -0.406 e. The Labute approximate surface area is 191 Å². The zero-order valence-corrected chi connectivity index (χ0v) is 18.6. The Morgan fingerprint density at radius 1 is 1.16 bits per heavy atom. The third-order valence-corrected chi connectivity index (χ3v) is 6.79. The van der Waals surface area contributed by atoms with E-state index < -0.39 is 6.36 Å². The Morgan fingerprint density at radius 2 is 1.84 bits per heavy atom. The number of hydrogen-bond donors (Lipinski definition) is 1. The highest BCUT2D eigenvalue weighted by Gasteiger charge is 2.31. The van der Waals surface area contributed by atoms with Crippen molar-refractivity contribution in [2.24, 2.45) is 5.92 Å². The summed E-state index contributed by atoms with van der Waals surface area (Å²) in [4.78, 5) is 15.1. The largest absolute Gasteiger partial charge is 0.573 e. The van der Waals surface area contributed by atoms with Crippen LogP contribution in [0.1, 0.15) is 23.2 Å². The standard InChI is InChI=1S/C22H21ClF3N3O2S/c23-16-3-6-18-20(11-16)32-21(27)29(18)12-14-7-9-28(10-8-14)13-19(30)15-1-4-17(5-2-15)31-22(24,25)26/h1-6,11,14,27H,7-10,12-13H2. The van der Waals surface area contributed by atoms with Gasteiger partial charge in [-0.05, 0) is 74.3 Å².